The van der Waals surface area contributed by atoms with Crippen molar-refractivity contribution in [3.63, 3.8) is 0 Å². The van der Waals surface area contributed by atoms with Crippen molar-refractivity contribution in [1.82, 2.24) is 10.1 Å². The smallest absolute Gasteiger partial charge is 0.189 e. The van der Waals surface area contributed by atoms with Crippen molar-refractivity contribution in [1.29, 1.82) is 0 Å². The van der Waals surface area contributed by atoms with Gasteiger partial charge in [0.25, 0.3) is 0 Å². The minimum Gasteiger partial charge on any atom is -0.189 e. The number of aromatic amines is 1. The Morgan fingerprint density at radius 3 is 2.64 bits per heavy atom. The van der Waals surface area contributed by atoms with E-state index in [-0.39, 0.29) is 0 Å². The number of hydrogen-bond acceptors (Lipinski definition) is 1. The van der Waals surface area contributed by atoms with Crippen LogP contribution in [-0.4, -0.2) is 10.1 Å². The summed E-state index contributed by atoms with van der Waals surface area (Å²) in [5.74, 6) is 0. The predicted molar refractivity (Wildman–Crippen MR) is 40.1 cm³/mol. The van der Waals surface area contributed by atoms with Crippen LogP contribution in [-0.2, 0) is 0 Å². The summed E-state index contributed by atoms with van der Waals surface area (Å²) in [7, 11) is 0. The molecule has 0 fully saturated rings. The van der Waals surface area contributed by atoms with E-state index < -0.39 is 0 Å². The van der Waals surface area contributed by atoms with Crippen LogP contribution in [0.3, 0.4) is 0 Å². The van der Waals surface area contributed by atoms with Gasteiger partial charge in [-0.2, -0.15) is 5.10 Å². The van der Waals surface area contributed by atoms with Gasteiger partial charge in [-0.15, -0.1) is 4.68 Å². The van der Waals surface area contributed by atoms with Gasteiger partial charge < -0.3 is 0 Å². The Morgan fingerprint density at radius 1 is 1.18 bits per heavy atom. The first-order chi connectivity index (χ1) is 5.47. The molecule has 0 aliphatic heterocycles. The van der Waals surface area contributed by atoms with Gasteiger partial charge in [0.05, 0.1) is 0 Å². The van der Waals surface area contributed by atoms with E-state index in [2.05, 4.69) is 10.1 Å². The second-order valence-electron chi connectivity index (χ2n) is 2.23. The van der Waals surface area contributed by atoms with Crippen molar-refractivity contribution in [3.8, 4) is 5.69 Å². The van der Waals surface area contributed by atoms with Crippen LogP contribution in [0.4, 0.5) is 0 Å². The number of nitrogens with zero attached hydrogens (tertiary/aromatic N) is 2. The van der Waals surface area contributed by atoms with Gasteiger partial charge in [0.2, 0.25) is 6.33 Å². The third-order valence-electron chi connectivity index (χ3n) is 1.49. The zero-order valence-electron chi connectivity index (χ0n) is 5.94. The summed E-state index contributed by atoms with van der Waals surface area (Å²) in [5.41, 5.74) is 1.09. The summed E-state index contributed by atoms with van der Waals surface area (Å²) in [6.07, 6.45) is 3.38. The molecule has 0 aliphatic carbocycles. The molecule has 0 bridgehead atoms. The SMILES string of the molecule is c1ccc(-[n+]2cnc[nH]2)cc1. The monoisotopic (exact) mass is 146 g/mol. The summed E-state index contributed by atoms with van der Waals surface area (Å²) < 4.78 is 1.85. The van der Waals surface area contributed by atoms with E-state index in [1.54, 1.807) is 12.7 Å². The molecule has 2 rings (SSSR count). The molecule has 0 saturated heterocycles. The number of hydrogen-bond donors (Lipinski definition) is 1. The van der Waals surface area contributed by atoms with Gasteiger partial charge >= 0.3 is 6.33 Å². The van der Waals surface area contributed by atoms with Crippen molar-refractivity contribution >= 4 is 0 Å². The Kier molecular flexibility index (Phi) is 1.41. The lowest BCUT2D eigenvalue weighted by Gasteiger charge is -1.90. The zero-order chi connectivity index (χ0) is 7.52. The fourth-order valence-electron chi connectivity index (χ4n) is 0.959. The topological polar surface area (TPSA) is 32.6 Å². The second-order valence-corrected chi connectivity index (χ2v) is 2.23. The van der Waals surface area contributed by atoms with E-state index in [0.717, 1.165) is 5.69 Å². The first kappa shape index (κ1) is 6.09. The molecule has 0 saturated carbocycles. The Morgan fingerprint density at radius 2 is 2.00 bits per heavy atom. The third kappa shape index (κ3) is 1.12. The lowest BCUT2D eigenvalue weighted by molar-refractivity contribution is -0.656. The highest BCUT2D eigenvalue weighted by molar-refractivity contribution is 5.20. The van der Waals surface area contributed by atoms with Crippen molar-refractivity contribution < 1.29 is 4.68 Å². The maximum Gasteiger partial charge on any atom is 0.312 e. The summed E-state index contributed by atoms with van der Waals surface area (Å²) in [6, 6.07) is 9.99. The normalized spacial score (nSPS) is 9.82. The van der Waals surface area contributed by atoms with Crippen molar-refractivity contribution in [2.75, 3.05) is 0 Å². The third-order valence-corrected chi connectivity index (χ3v) is 1.49. The lowest BCUT2D eigenvalue weighted by atomic mass is 10.3. The average Bonchev–Trinajstić information content (AvgIpc) is 2.58. The summed E-state index contributed by atoms with van der Waals surface area (Å²) in [4.78, 5) is 3.91. The first-order valence-corrected chi connectivity index (χ1v) is 3.42. The van der Waals surface area contributed by atoms with E-state index in [4.69, 9.17) is 0 Å². The minimum absolute atomic E-state index is 1.09. The Balaban J connectivity index is 2.46. The van der Waals surface area contributed by atoms with Gasteiger partial charge in [-0.05, 0) is 17.1 Å². The molecule has 0 amide bonds. The molecule has 0 aliphatic rings. The molecule has 3 heteroatoms. The van der Waals surface area contributed by atoms with Crippen LogP contribution in [0.5, 0.6) is 0 Å². The maximum absolute atomic E-state index is 3.91. The van der Waals surface area contributed by atoms with E-state index >= 15 is 0 Å². The van der Waals surface area contributed by atoms with E-state index in [1.807, 2.05) is 35.0 Å². The minimum atomic E-state index is 1.09. The fraction of sp³-hybridized carbons (Fsp3) is 0. The zero-order valence-corrected chi connectivity index (χ0v) is 5.94. The molecule has 11 heavy (non-hydrogen) atoms. The molecule has 1 heterocycles. The molecule has 1 aromatic heterocycles. The number of aromatic nitrogens is 3. The van der Waals surface area contributed by atoms with Crippen LogP contribution >= 0.6 is 0 Å². The van der Waals surface area contributed by atoms with Crippen LogP contribution in [0.2, 0.25) is 0 Å². The number of para-hydroxylation sites is 1. The highest BCUT2D eigenvalue weighted by Gasteiger charge is 1.99. The number of benzene rings is 1. The Hall–Kier alpha value is -1.64. The van der Waals surface area contributed by atoms with Crippen molar-refractivity contribution in [2.24, 2.45) is 0 Å². The largest absolute Gasteiger partial charge is 0.312 e. The van der Waals surface area contributed by atoms with Crippen molar-refractivity contribution in [2.45, 2.75) is 0 Å². The first-order valence-electron chi connectivity index (χ1n) is 3.42. The predicted octanol–water partition coefficient (Wildman–Crippen LogP) is 0.686. The molecule has 0 spiro atoms. The van der Waals surface area contributed by atoms with Crippen LogP contribution in [0.25, 0.3) is 5.69 Å². The molecule has 2 aromatic rings. The fourth-order valence-corrected chi connectivity index (χ4v) is 0.959. The van der Waals surface area contributed by atoms with Gasteiger partial charge in [-0.1, -0.05) is 18.2 Å². The second kappa shape index (κ2) is 2.54. The molecular weight excluding hydrogens is 138 g/mol. The molecule has 3 nitrogen and oxygen atoms in total. The van der Waals surface area contributed by atoms with Gasteiger partial charge in [0, 0.05) is 0 Å². The van der Waals surface area contributed by atoms with E-state index in [1.165, 1.54) is 0 Å². The Labute approximate surface area is 64.3 Å². The van der Waals surface area contributed by atoms with Crippen LogP contribution < -0.4 is 4.68 Å². The lowest BCUT2D eigenvalue weighted by Crippen LogP contribution is -2.31. The highest BCUT2D eigenvalue weighted by atomic mass is 15.3. The Bertz CT molecular complexity index is 312. The van der Waals surface area contributed by atoms with Gasteiger partial charge in [0.15, 0.2) is 5.69 Å². The maximum atomic E-state index is 3.91. The van der Waals surface area contributed by atoms with Crippen LogP contribution in [0, 0.1) is 0 Å². The molecule has 54 valence electrons. The van der Waals surface area contributed by atoms with E-state index in [0.29, 0.717) is 0 Å². The number of H-pyrrole nitrogens is 1. The van der Waals surface area contributed by atoms with Gasteiger partial charge in [-0.25, -0.2) is 0 Å². The standard InChI is InChI=1S/C8H7N3/c1-2-4-8(5-3-1)11-7-9-6-10-11/h1-7H/p+1. The molecule has 1 N–H and O–H groups in total. The summed E-state index contributed by atoms with van der Waals surface area (Å²) in [6.45, 7) is 0. The van der Waals surface area contributed by atoms with E-state index in [9.17, 15) is 0 Å². The van der Waals surface area contributed by atoms with Crippen LogP contribution in [0.15, 0.2) is 43.0 Å². The molecular formula is C8H8N3+. The summed E-state index contributed by atoms with van der Waals surface area (Å²) >= 11 is 0. The number of nitrogens with one attached hydrogen (secondary N) is 1. The van der Waals surface area contributed by atoms with Crippen LogP contribution in [0.1, 0.15) is 0 Å². The van der Waals surface area contributed by atoms with Gasteiger partial charge in [0.1, 0.15) is 0 Å². The highest BCUT2D eigenvalue weighted by Crippen LogP contribution is 1.94. The molecule has 0 unspecified atom stereocenters. The van der Waals surface area contributed by atoms with Crippen molar-refractivity contribution in [3.05, 3.63) is 43.0 Å². The molecule has 0 radical (unpaired) electrons. The van der Waals surface area contributed by atoms with Gasteiger partial charge in [-0.3, -0.25) is 0 Å². The average molecular weight is 146 g/mol. The quantitative estimate of drug-likeness (QED) is 0.590. The summed E-state index contributed by atoms with van der Waals surface area (Å²) in [5, 5.41) is 2.96. The molecule has 1 aromatic carbocycles. The molecule has 0 atom stereocenters. The number of rotatable bonds is 1.